The fraction of sp³-hybridized carbons (Fsp3) is 0.211. The van der Waals surface area contributed by atoms with Gasteiger partial charge in [-0.15, -0.1) is 10.2 Å². The zero-order valence-corrected chi connectivity index (χ0v) is 16.4. The number of aryl methyl sites for hydroxylation is 1. The number of thioether (sulfide) groups is 1. The number of carbonyl (C=O) groups excluding carboxylic acids is 1. The Labute approximate surface area is 166 Å². The number of rotatable bonds is 7. The average Bonchev–Trinajstić information content (AvgIpc) is 3.09. The molecule has 1 atom stereocenters. The Morgan fingerprint density at radius 2 is 2.04 bits per heavy atom. The van der Waals surface area contributed by atoms with Gasteiger partial charge >= 0.3 is 0 Å². The summed E-state index contributed by atoms with van der Waals surface area (Å²) in [6, 6.07) is 14.6. The topological polar surface area (TPSA) is 77.2 Å². The van der Waals surface area contributed by atoms with Crippen molar-refractivity contribution in [2.45, 2.75) is 30.9 Å². The van der Waals surface area contributed by atoms with Crippen molar-refractivity contribution >= 4 is 35.0 Å². The number of halogens is 1. The van der Waals surface area contributed by atoms with Crippen LogP contribution in [0.2, 0.25) is 5.02 Å². The average molecular weight is 404 g/mol. The van der Waals surface area contributed by atoms with Crippen LogP contribution in [0, 0.1) is 6.92 Å². The minimum absolute atomic E-state index is 0.168. The summed E-state index contributed by atoms with van der Waals surface area (Å²) >= 11 is 7.02. The predicted molar refractivity (Wildman–Crippen MR) is 105 cm³/mol. The molecular weight excluding hydrogens is 386 g/mol. The summed E-state index contributed by atoms with van der Waals surface area (Å²) in [5, 5.41) is 11.2. The number of amides is 1. The zero-order chi connectivity index (χ0) is 19.2. The number of hydrogen-bond donors (Lipinski definition) is 1. The van der Waals surface area contributed by atoms with Crippen LogP contribution in [0.4, 0.5) is 5.69 Å². The van der Waals surface area contributed by atoms with E-state index in [9.17, 15) is 4.79 Å². The van der Waals surface area contributed by atoms with E-state index in [1.807, 2.05) is 31.2 Å². The lowest BCUT2D eigenvalue weighted by Crippen LogP contribution is -2.22. The first-order chi connectivity index (χ1) is 13.0. The van der Waals surface area contributed by atoms with E-state index in [1.165, 1.54) is 11.8 Å². The smallest absolute Gasteiger partial charge is 0.277 e. The summed E-state index contributed by atoms with van der Waals surface area (Å²) in [5.41, 5.74) is 1.78. The van der Waals surface area contributed by atoms with Crippen molar-refractivity contribution in [3.05, 3.63) is 65.0 Å². The maximum atomic E-state index is 12.3. The van der Waals surface area contributed by atoms with Crippen LogP contribution in [-0.2, 0) is 11.4 Å². The molecule has 0 aliphatic rings. The van der Waals surface area contributed by atoms with Gasteiger partial charge in [0, 0.05) is 10.7 Å². The molecule has 6 nitrogen and oxygen atoms in total. The highest BCUT2D eigenvalue weighted by Gasteiger charge is 2.18. The fourth-order valence-electron chi connectivity index (χ4n) is 2.18. The lowest BCUT2D eigenvalue weighted by atomic mass is 10.2. The number of nitrogens with one attached hydrogen (secondary N) is 1. The number of aromatic nitrogens is 2. The van der Waals surface area contributed by atoms with Crippen molar-refractivity contribution in [3.63, 3.8) is 0 Å². The lowest BCUT2D eigenvalue weighted by Gasteiger charge is -2.09. The highest BCUT2D eigenvalue weighted by atomic mass is 35.5. The Balaban J connectivity index is 1.51. The molecule has 0 saturated carbocycles. The monoisotopic (exact) mass is 403 g/mol. The largest absolute Gasteiger partial charge is 0.484 e. The molecule has 8 heteroatoms. The first-order valence-corrected chi connectivity index (χ1v) is 9.50. The van der Waals surface area contributed by atoms with E-state index in [4.69, 9.17) is 20.8 Å². The number of benzene rings is 2. The second-order valence-corrected chi connectivity index (χ2v) is 7.55. The van der Waals surface area contributed by atoms with Crippen LogP contribution in [0.25, 0.3) is 0 Å². The van der Waals surface area contributed by atoms with E-state index in [0.717, 1.165) is 11.3 Å². The summed E-state index contributed by atoms with van der Waals surface area (Å²) in [5.74, 6) is 0.917. The van der Waals surface area contributed by atoms with Gasteiger partial charge in [0.2, 0.25) is 5.91 Å². The van der Waals surface area contributed by atoms with Crippen molar-refractivity contribution in [1.82, 2.24) is 10.2 Å². The maximum absolute atomic E-state index is 12.3. The van der Waals surface area contributed by atoms with Gasteiger partial charge in [-0.2, -0.15) is 0 Å². The molecule has 0 aliphatic heterocycles. The molecule has 1 heterocycles. The summed E-state index contributed by atoms with van der Waals surface area (Å²) < 4.78 is 11.2. The molecule has 2 aromatic carbocycles. The molecule has 0 bridgehead atoms. The van der Waals surface area contributed by atoms with Crippen LogP contribution in [0.1, 0.15) is 18.4 Å². The second kappa shape index (κ2) is 8.92. The Bertz CT molecular complexity index is 915. The van der Waals surface area contributed by atoms with Gasteiger partial charge in [-0.3, -0.25) is 4.79 Å². The summed E-state index contributed by atoms with van der Waals surface area (Å²) in [4.78, 5) is 12.3. The first kappa shape index (κ1) is 19.3. The molecule has 0 unspecified atom stereocenters. The summed E-state index contributed by atoms with van der Waals surface area (Å²) in [7, 11) is 0. The molecule has 140 valence electrons. The van der Waals surface area contributed by atoms with E-state index >= 15 is 0 Å². The molecule has 3 rings (SSSR count). The van der Waals surface area contributed by atoms with Crippen LogP contribution in [0.5, 0.6) is 5.75 Å². The minimum atomic E-state index is -0.410. The fourth-order valence-corrected chi connectivity index (χ4v) is 3.00. The van der Waals surface area contributed by atoms with Gasteiger partial charge in [0.05, 0.1) is 5.25 Å². The van der Waals surface area contributed by atoms with Gasteiger partial charge in [0.25, 0.3) is 11.1 Å². The predicted octanol–water partition coefficient (Wildman–Crippen LogP) is 4.73. The van der Waals surface area contributed by atoms with Crippen molar-refractivity contribution in [3.8, 4) is 5.75 Å². The minimum Gasteiger partial charge on any atom is -0.484 e. The van der Waals surface area contributed by atoms with Crippen molar-refractivity contribution < 1.29 is 13.9 Å². The number of anilines is 1. The molecule has 0 fully saturated rings. The first-order valence-electron chi connectivity index (χ1n) is 8.24. The zero-order valence-electron chi connectivity index (χ0n) is 14.8. The Hall–Kier alpha value is -2.51. The summed E-state index contributed by atoms with van der Waals surface area (Å²) in [6.45, 7) is 3.93. The van der Waals surface area contributed by atoms with Crippen molar-refractivity contribution in [2.75, 3.05) is 5.32 Å². The van der Waals surface area contributed by atoms with Crippen LogP contribution < -0.4 is 10.1 Å². The number of nitrogens with zero attached hydrogens (tertiary/aromatic N) is 2. The van der Waals surface area contributed by atoms with Gasteiger partial charge in [-0.25, -0.2) is 0 Å². The van der Waals surface area contributed by atoms with Crippen molar-refractivity contribution in [1.29, 1.82) is 0 Å². The Kier molecular flexibility index (Phi) is 6.36. The van der Waals surface area contributed by atoms with Crippen LogP contribution in [0.3, 0.4) is 0 Å². The number of carbonyl (C=O) groups is 1. The molecular formula is C19H18ClN3O3S. The Morgan fingerprint density at radius 3 is 2.78 bits per heavy atom. The van der Waals surface area contributed by atoms with Gasteiger partial charge in [0.15, 0.2) is 6.61 Å². The Morgan fingerprint density at radius 1 is 1.26 bits per heavy atom. The van der Waals surface area contributed by atoms with E-state index < -0.39 is 5.25 Å². The van der Waals surface area contributed by atoms with E-state index in [-0.39, 0.29) is 12.5 Å². The van der Waals surface area contributed by atoms with Gasteiger partial charge in [0.1, 0.15) is 5.75 Å². The molecule has 0 saturated heterocycles. The van der Waals surface area contributed by atoms with Gasteiger partial charge in [-0.05, 0) is 55.8 Å². The van der Waals surface area contributed by atoms with Gasteiger partial charge in [-0.1, -0.05) is 35.5 Å². The third-order valence-electron chi connectivity index (χ3n) is 3.56. The van der Waals surface area contributed by atoms with Crippen LogP contribution in [0.15, 0.2) is 58.2 Å². The van der Waals surface area contributed by atoms with E-state index in [1.54, 1.807) is 31.2 Å². The SMILES string of the molecule is Cc1cccc(OCc2nnc(S[C@@H](C)C(=O)Nc3ccc(Cl)cc3)o2)c1. The number of hydrogen-bond acceptors (Lipinski definition) is 6. The molecule has 27 heavy (non-hydrogen) atoms. The van der Waals surface area contributed by atoms with Crippen molar-refractivity contribution in [2.24, 2.45) is 0 Å². The lowest BCUT2D eigenvalue weighted by molar-refractivity contribution is -0.115. The second-order valence-electron chi connectivity index (χ2n) is 5.82. The standard InChI is InChI=1S/C19H18ClN3O3S/c1-12-4-3-5-16(10-12)25-11-17-22-23-19(26-17)27-13(2)18(24)21-15-8-6-14(20)7-9-15/h3-10,13H,11H2,1-2H3,(H,21,24)/t13-/m0/s1. The van der Waals surface area contributed by atoms with Crippen LogP contribution in [-0.4, -0.2) is 21.4 Å². The third kappa shape index (κ3) is 5.74. The molecule has 1 aromatic heterocycles. The van der Waals surface area contributed by atoms with E-state index in [0.29, 0.717) is 21.8 Å². The third-order valence-corrected chi connectivity index (χ3v) is 4.74. The molecule has 0 radical (unpaired) electrons. The molecule has 0 aliphatic carbocycles. The summed E-state index contributed by atoms with van der Waals surface area (Å²) in [6.07, 6.45) is 0. The van der Waals surface area contributed by atoms with Crippen LogP contribution >= 0.6 is 23.4 Å². The maximum Gasteiger partial charge on any atom is 0.277 e. The normalized spacial score (nSPS) is 11.8. The molecule has 1 amide bonds. The quantitative estimate of drug-likeness (QED) is 0.574. The highest BCUT2D eigenvalue weighted by Crippen LogP contribution is 2.24. The van der Waals surface area contributed by atoms with E-state index in [2.05, 4.69) is 15.5 Å². The molecule has 1 N–H and O–H groups in total. The molecule has 0 spiro atoms. The molecule has 3 aromatic rings. The van der Waals surface area contributed by atoms with Gasteiger partial charge < -0.3 is 14.5 Å². The highest BCUT2D eigenvalue weighted by molar-refractivity contribution is 8.00. The number of ether oxygens (including phenoxy) is 1.